The molecule has 128 valence electrons. The molecule has 2 unspecified atom stereocenters. The molecule has 3 N–H and O–H groups in total. The largest absolute Gasteiger partial charge is 0.391 e. The number of aliphatic hydroxyl groups is 1. The number of carbonyl (C=O) groups is 1. The number of urea groups is 1. The topological polar surface area (TPSA) is 64.6 Å². The van der Waals surface area contributed by atoms with Crippen LogP contribution in [-0.2, 0) is 0 Å². The van der Waals surface area contributed by atoms with Crippen LogP contribution in [-0.4, -0.2) is 42.9 Å². The molecule has 2 rings (SSSR count). The van der Waals surface area contributed by atoms with Crippen molar-refractivity contribution in [2.45, 2.75) is 38.3 Å². The van der Waals surface area contributed by atoms with Gasteiger partial charge in [-0.3, -0.25) is 0 Å². The predicted molar refractivity (Wildman–Crippen MR) is 89.5 cm³/mol. The lowest BCUT2D eigenvalue weighted by Gasteiger charge is -2.19. The highest BCUT2D eigenvalue weighted by Crippen LogP contribution is 2.24. The summed E-state index contributed by atoms with van der Waals surface area (Å²) in [6.07, 6.45) is 1.82. The number of nitrogens with one attached hydrogen (secondary N) is 2. The van der Waals surface area contributed by atoms with Gasteiger partial charge in [-0.1, -0.05) is 24.9 Å². The number of hydrogen-bond donors (Lipinski definition) is 3. The number of nitrogens with zero attached hydrogens (tertiary/aromatic N) is 1. The number of amides is 2. The van der Waals surface area contributed by atoms with Crippen molar-refractivity contribution in [1.29, 1.82) is 0 Å². The molecule has 2 atom stereocenters. The third kappa shape index (κ3) is 5.25. The van der Waals surface area contributed by atoms with Crippen LogP contribution in [0.1, 0.15) is 26.2 Å². The Morgan fingerprint density at radius 2 is 2.35 bits per heavy atom. The van der Waals surface area contributed by atoms with Crippen molar-refractivity contribution in [1.82, 2.24) is 10.6 Å². The van der Waals surface area contributed by atoms with E-state index < -0.39 is 11.9 Å². The number of carbonyl (C=O) groups excluding carboxylic acids is 1. The molecule has 7 heteroatoms. The molecule has 1 aromatic rings. The molecule has 0 spiro atoms. The van der Waals surface area contributed by atoms with Crippen molar-refractivity contribution in [3.63, 3.8) is 0 Å². The van der Waals surface area contributed by atoms with E-state index in [1.807, 2.05) is 11.8 Å². The number of halogens is 2. The van der Waals surface area contributed by atoms with E-state index in [0.717, 1.165) is 25.1 Å². The molecule has 0 aliphatic carbocycles. The fourth-order valence-electron chi connectivity index (χ4n) is 2.68. The highest BCUT2D eigenvalue weighted by atomic mass is 35.5. The number of aliphatic hydroxyl groups excluding tert-OH is 1. The third-order valence-corrected chi connectivity index (χ3v) is 4.22. The van der Waals surface area contributed by atoms with Crippen LogP contribution >= 0.6 is 11.6 Å². The number of rotatable bonds is 6. The second-order valence-corrected chi connectivity index (χ2v) is 6.23. The van der Waals surface area contributed by atoms with E-state index in [1.54, 1.807) is 6.07 Å². The van der Waals surface area contributed by atoms with Gasteiger partial charge < -0.3 is 20.6 Å². The molecule has 0 aromatic heterocycles. The molecule has 23 heavy (non-hydrogen) atoms. The molecule has 0 bridgehead atoms. The van der Waals surface area contributed by atoms with Gasteiger partial charge in [0.15, 0.2) is 0 Å². The Hall–Kier alpha value is -1.53. The minimum Gasteiger partial charge on any atom is -0.391 e. The molecule has 0 radical (unpaired) electrons. The second kappa shape index (κ2) is 8.36. The summed E-state index contributed by atoms with van der Waals surface area (Å²) in [6.45, 7) is 3.59. The van der Waals surface area contributed by atoms with Crippen LogP contribution in [0.25, 0.3) is 0 Å². The molecule has 0 saturated carbocycles. The van der Waals surface area contributed by atoms with E-state index in [0.29, 0.717) is 13.0 Å². The van der Waals surface area contributed by atoms with Crippen molar-refractivity contribution in [3.8, 4) is 0 Å². The van der Waals surface area contributed by atoms with Crippen LogP contribution in [0.15, 0.2) is 18.2 Å². The molecule has 1 fully saturated rings. The first-order valence-electron chi connectivity index (χ1n) is 7.92. The Labute approximate surface area is 140 Å². The van der Waals surface area contributed by atoms with Crippen LogP contribution < -0.4 is 15.5 Å². The highest BCUT2D eigenvalue weighted by Gasteiger charge is 2.24. The van der Waals surface area contributed by atoms with E-state index in [2.05, 4.69) is 10.6 Å². The van der Waals surface area contributed by atoms with Gasteiger partial charge in [0.05, 0.1) is 11.1 Å². The quantitative estimate of drug-likeness (QED) is 0.743. The SMILES string of the molecule is CCCC(O)CNC(=O)NC1CCN(c2ccc(Cl)c(F)c2)C1. The van der Waals surface area contributed by atoms with Gasteiger partial charge in [0.2, 0.25) is 0 Å². The van der Waals surface area contributed by atoms with Crippen LogP contribution in [0.3, 0.4) is 0 Å². The molecular weight excluding hydrogens is 321 g/mol. The lowest BCUT2D eigenvalue weighted by molar-refractivity contribution is 0.160. The molecule has 1 aliphatic rings. The molecule has 1 heterocycles. The lowest BCUT2D eigenvalue weighted by atomic mass is 10.2. The minimum atomic E-state index is -0.511. The van der Waals surface area contributed by atoms with Gasteiger partial charge in [-0.05, 0) is 31.0 Å². The monoisotopic (exact) mass is 343 g/mol. The van der Waals surface area contributed by atoms with Gasteiger partial charge in [-0.15, -0.1) is 0 Å². The fourth-order valence-corrected chi connectivity index (χ4v) is 2.79. The summed E-state index contributed by atoms with van der Waals surface area (Å²) in [6, 6.07) is 4.43. The summed E-state index contributed by atoms with van der Waals surface area (Å²) in [4.78, 5) is 13.8. The van der Waals surface area contributed by atoms with E-state index in [4.69, 9.17) is 11.6 Å². The fraction of sp³-hybridized carbons (Fsp3) is 0.562. The predicted octanol–water partition coefficient (Wildman–Crippen LogP) is 2.52. The van der Waals surface area contributed by atoms with Gasteiger partial charge in [-0.25, -0.2) is 9.18 Å². The molecule has 1 aliphatic heterocycles. The first-order valence-corrected chi connectivity index (χ1v) is 8.29. The van der Waals surface area contributed by atoms with Crippen molar-refractivity contribution in [2.24, 2.45) is 0 Å². The standard InChI is InChI=1S/C16H23ClFN3O2/c1-2-3-13(22)9-19-16(23)20-11-6-7-21(10-11)12-4-5-14(17)15(18)8-12/h4-5,8,11,13,22H,2-3,6-7,9-10H2,1H3,(H2,19,20,23). The van der Waals surface area contributed by atoms with Gasteiger partial charge in [-0.2, -0.15) is 0 Å². The zero-order valence-corrected chi connectivity index (χ0v) is 13.9. The number of hydrogen-bond acceptors (Lipinski definition) is 3. The summed E-state index contributed by atoms with van der Waals surface area (Å²) in [5.41, 5.74) is 0.759. The van der Waals surface area contributed by atoms with Gasteiger partial charge in [0, 0.05) is 31.4 Å². The zero-order chi connectivity index (χ0) is 16.8. The van der Waals surface area contributed by atoms with E-state index in [1.165, 1.54) is 12.1 Å². The third-order valence-electron chi connectivity index (χ3n) is 3.91. The first-order chi connectivity index (χ1) is 11.0. The lowest BCUT2D eigenvalue weighted by Crippen LogP contribution is -2.45. The molecular formula is C16H23ClFN3O2. The molecule has 1 saturated heterocycles. The maximum atomic E-state index is 13.5. The molecule has 1 aromatic carbocycles. The minimum absolute atomic E-state index is 0.00272. The Bertz CT molecular complexity index is 544. The van der Waals surface area contributed by atoms with Crippen molar-refractivity contribution >= 4 is 23.3 Å². The smallest absolute Gasteiger partial charge is 0.315 e. The number of benzene rings is 1. The number of anilines is 1. The maximum absolute atomic E-state index is 13.5. The summed E-state index contributed by atoms with van der Waals surface area (Å²) >= 11 is 5.69. The van der Waals surface area contributed by atoms with E-state index in [9.17, 15) is 14.3 Å². The average molecular weight is 344 g/mol. The Morgan fingerprint density at radius 1 is 1.57 bits per heavy atom. The van der Waals surface area contributed by atoms with E-state index >= 15 is 0 Å². The highest BCUT2D eigenvalue weighted by molar-refractivity contribution is 6.30. The van der Waals surface area contributed by atoms with Gasteiger partial charge >= 0.3 is 6.03 Å². The molecule has 5 nitrogen and oxygen atoms in total. The maximum Gasteiger partial charge on any atom is 0.315 e. The zero-order valence-electron chi connectivity index (χ0n) is 13.2. The second-order valence-electron chi connectivity index (χ2n) is 5.83. The Morgan fingerprint density at radius 3 is 3.04 bits per heavy atom. The first kappa shape index (κ1) is 17.8. The van der Waals surface area contributed by atoms with Crippen LogP contribution in [0.2, 0.25) is 5.02 Å². The normalized spacial score (nSPS) is 18.8. The van der Waals surface area contributed by atoms with Crippen molar-refractivity contribution in [3.05, 3.63) is 29.0 Å². The molecule has 2 amide bonds. The van der Waals surface area contributed by atoms with Crippen LogP contribution in [0, 0.1) is 5.82 Å². The van der Waals surface area contributed by atoms with Crippen LogP contribution in [0.5, 0.6) is 0 Å². The van der Waals surface area contributed by atoms with Gasteiger partial charge in [0.25, 0.3) is 0 Å². The summed E-state index contributed by atoms with van der Waals surface area (Å²) < 4.78 is 13.5. The summed E-state index contributed by atoms with van der Waals surface area (Å²) in [5, 5.41) is 15.3. The van der Waals surface area contributed by atoms with E-state index in [-0.39, 0.29) is 23.6 Å². The van der Waals surface area contributed by atoms with Crippen molar-refractivity contribution in [2.75, 3.05) is 24.5 Å². The van der Waals surface area contributed by atoms with Gasteiger partial charge in [0.1, 0.15) is 5.82 Å². The Balaban J connectivity index is 1.78. The average Bonchev–Trinajstić information content (AvgIpc) is 2.97. The van der Waals surface area contributed by atoms with Crippen molar-refractivity contribution < 1.29 is 14.3 Å². The summed E-state index contributed by atoms with van der Waals surface area (Å²) in [5.74, 6) is -0.441. The Kier molecular flexibility index (Phi) is 6.47. The van der Waals surface area contributed by atoms with Crippen LogP contribution in [0.4, 0.5) is 14.9 Å². The summed E-state index contributed by atoms with van der Waals surface area (Å²) in [7, 11) is 0.